The van der Waals surface area contributed by atoms with Crippen LogP contribution in [0.2, 0.25) is 0 Å². The number of urea groups is 1. The van der Waals surface area contributed by atoms with Gasteiger partial charge in [-0.2, -0.15) is 0 Å². The summed E-state index contributed by atoms with van der Waals surface area (Å²) in [6.07, 6.45) is 1.70. The molecule has 0 aromatic carbocycles. The summed E-state index contributed by atoms with van der Waals surface area (Å²) in [5.74, 6) is 0. The minimum absolute atomic E-state index is 0.264. The van der Waals surface area contributed by atoms with Gasteiger partial charge >= 0.3 is 12.1 Å². The second-order valence-electron chi connectivity index (χ2n) is 3.38. The maximum absolute atomic E-state index is 11.2. The van der Waals surface area contributed by atoms with Crippen molar-refractivity contribution in [3.05, 3.63) is 0 Å². The van der Waals surface area contributed by atoms with E-state index in [-0.39, 0.29) is 12.2 Å². The van der Waals surface area contributed by atoms with Crippen molar-refractivity contribution in [1.29, 1.82) is 0 Å². The summed E-state index contributed by atoms with van der Waals surface area (Å²) >= 11 is 0. The number of amides is 3. The zero-order valence-corrected chi connectivity index (χ0v) is 8.84. The summed E-state index contributed by atoms with van der Waals surface area (Å²) < 4.78 is 4.90. The Labute approximate surface area is 88.7 Å². The van der Waals surface area contributed by atoms with Crippen LogP contribution in [0.25, 0.3) is 0 Å². The first-order valence-electron chi connectivity index (χ1n) is 5.20. The Morgan fingerprint density at radius 3 is 3.13 bits per heavy atom. The second-order valence-corrected chi connectivity index (χ2v) is 3.38. The van der Waals surface area contributed by atoms with Gasteiger partial charge in [-0.3, -0.25) is 0 Å². The van der Waals surface area contributed by atoms with Crippen molar-refractivity contribution >= 4 is 12.1 Å². The third-order valence-corrected chi connectivity index (χ3v) is 2.05. The van der Waals surface area contributed by atoms with Crippen LogP contribution in [0.4, 0.5) is 9.59 Å². The number of nitrogens with one attached hydrogen (secondary N) is 3. The average Bonchev–Trinajstić information content (AvgIpc) is 2.18. The molecule has 1 aliphatic rings. The van der Waals surface area contributed by atoms with Gasteiger partial charge in [0.1, 0.15) is 6.17 Å². The van der Waals surface area contributed by atoms with Crippen LogP contribution >= 0.6 is 0 Å². The van der Waals surface area contributed by atoms with Gasteiger partial charge in [-0.1, -0.05) is 13.3 Å². The van der Waals surface area contributed by atoms with E-state index in [9.17, 15) is 9.59 Å². The maximum atomic E-state index is 11.2. The Balaban J connectivity index is 2.16. The molecule has 1 heterocycles. The third-order valence-electron chi connectivity index (χ3n) is 2.05. The van der Waals surface area contributed by atoms with Gasteiger partial charge in [0, 0.05) is 13.0 Å². The van der Waals surface area contributed by atoms with Crippen molar-refractivity contribution in [2.45, 2.75) is 32.4 Å². The summed E-state index contributed by atoms with van der Waals surface area (Å²) in [5, 5.41) is 7.75. The zero-order valence-electron chi connectivity index (χ0n) is 8.84. The van der Waals surface area contributed by atoms with E-state index in [1.54, 1.807) is 0 Å². The lowest BCUT2D eigenvalue weighted by atomic mass is 10.3. The molecule has 1 unspecified atom stereocenters. The van der Waals surface area contributed by atoms with E-state index < -0.39 is 6.09 Å². The lowest BCUT2D eigenvalue weighted by Crippen LogP contribution is -2.56. The highest BCUT2D eigenvalue weighted by atomic mass is 16.5. The minimum Gasteiger partial charge on any atom is -0.450 e. The molecule has 0 saturated carbocycles. The van der Waals surface area contributed by atoms with Crippen molar-refractivity contribution in [3.8, 4) is 0 Å². The minimum atomic E-state index is -0.476. The molecule has 0 radical (unpaired) electrons. The molecule has 0 bridgehead atoms. The Bertz CT molecular complexity index is 233. The predicted octanol–water partition coefficient (Wildman–Crippen LogP) is 0.542. The molecule has 0 aliphatic carbocycles. The molecule has 6 heteroatoms. The van der Waals surface area contributed by atoms with E-state index in [1.165, 1.54) is 0 Å². The molecule has 1 aliphatic heterocycles. The summed E-state index contributed by atoms with van der Waals surface area (Å²) in [4.78, 5) is 22.1. The number of ether oxygens (including phenoxy) is 1. The van der Waals surface area contributed by atoms with Crippen LogP contribution in [0.3, 0.4) is 0 Å². The van der Waals surface area contributed by atoms with E-state index >= 15 is 0 Å². The van der Waals surface area contributed by atoms with Crippen molar-refractivity contribution in [2.24, 2.45) is 0 Å². The highest BCUT2D eigenvalue weighted by molar-refractivity contribution is 5.76. The van der Waals surface area contributed by atoms with E-state index in [0.717, 1.165) is 12.8 Å². The highest BCUT2D eigenvalue weighted by Gasteiger charge is 2.19. The standard InChI is InChI=1S/C9H17N3O3/c1-2-3-6-15-9(14)12-7-4-5-10-8(13)11-7/h7H,2-6H2,1H3,(H,12,14)(H2,10,11,13). The zero-order chi connectivity index (χ0) is 11.1. The van der Waals surface area contributed by atoms with Crippen LogP contribution in [0, 0.1) is 0 Å². The molecule has 6 nitrogen and oxygen atoms in total. The van der Waals surface area contributed by atoms with Crippen molar-refractivity contribution in [1.82, 2.24) is 16.0 Å². The van der Waals surface area contributed by atoms with Gasteiger partial charge in [0.05, 0.1) is 6.61 Å². The first-order valence-corrected chi connectivity index (χ1v) is 5.20. The third kappa shape index (κ3) is 4.53. The fourth-order valence-corrected chi connectivity index (χ4v) is 1.21. The van der Waals surface area contributed by atoms with Gasteiger partial charge in [0.2, 0.25) is 0 Å². The molecule has 86 valence electrons. The summed E-state index contributed by atoms with van der Waals surface area (Å²) in [7, 11) is 0. The molecule has 1 atom stereocenters. The number of alkyl carbamates (subject to hydrolysis) is 1. The van der Waals surface area contributed by atoms with Crippen molar-refractivity contribution in [3.63, 3.8) is 0 Å². The monoisotopic (exact) mass is 215 g/mol. The van der Waals surface area contributed by atoms with Crippen LogP contribution in [-0.4, -0.2) is 31.4 Å². The Morgan fingerprint density at radius 2 is 2.47 bits per heavy atom. The van der Waals surface area contributed by atoms with E-state index in [2.05, 4.69) is 16.0 Å². The van der Waals surface area contributed by atoms with Crippen LogP contribution in [0.15, 0.2) is 0 Å². The molecular weight excluding hydrogens is 198 g/mol. The van der Waals surface area contributed by atoms with Crippen LogP contribution in [0.5, 0.6) is 0 Å². The Hall–Kier alpha value is -1.46. The summed E-state index contributed by atoms with van der Waals surface area (Å²) in [5.41, 5.74) is 0. The molecule has 0 spiro atoms. The van der Waals surface area contributed by atoms with Gasteiger partial charge in [-0.15, -0.1) is 0 Å². The van der Waals surface area contributed by atoms with Crippen LogP contribution in [0.1, 0.15) is 26.2 Å². The highest BCUT2D eigenvalue weighted by Crippen LogP contribution is 1.94. The normalized spacial score (nSPS) is 20.1. The van der Waals surface area contributed by atoms with E-state index in [1.807, 2.05) is 6.92 Å². The van der Waals surface area contributed by atoms with Crippen molar-refractivity contribution < 1.29 is 14.3 Å². The van der Waals surface area contributed by atoms with Crippen LogP contribution < -0.4 is 16.0 Å². The smallest absolute Gasteiger partial charge is 0.408 e. The number of rotatable bonds is 4. The number of unbranched alkanes of at least 4 members (excludes halogenated alkanes) is 1. The van der Waals surface area contributed by atoms with Gasteiger partial charge in [0.25, 0.3) is 0 Å². The first kappa shape index (κ1) is 11.6. The maximum Gasteiger partial charge on any atom is 0.408 e. The van der Waals surface area contributed by atoms with E-state index in [4.69, 9.17) is 4.74 Å². The lowest BCUT2D eigenvalue weighted by molar-refractivity contribution is 0.137. The SMILES string of the molecule is CCCCOC(=O)NC1CCNC(=O)N1. The van der Waals surface area contributed by atoms with E-state index in [0.29, 0.717) is 19.6 Å². The molecular formula is C9H17N3O3. The lowest BCUT2D eigenvalue weighted by Gasteiger charge is -2.24. The quantitative estimate of drug-likeness (QED) is 0.599. The predicted molar refractivity (Wildman–Crippen MR) is 54.3 cm³/mol. The number of carbonyl (C=O) groups excluding carboxylic acids is 2. The van der Waals surface area contributed by atoms with Gasteiger partial charge in [-0.05, 0) is 6.42 Å². The molecule has 3 N–H and O–H groups in total. The molecule has 15 heavy (non-hydrogen) atoms. The fourth-order valence-electron chi connectivity index (χ4n) is 1.21. The number of carbonyl (C=O) groups is 2. The number of hydrogen-bond acceptors (Lipinski definition) is 3. The molecule has 0 aromatic rings. The number of hydrogen-bond donors (Lipinski definition) is 3. The Morgan fingerprint density at radius 1 is 1.67 bits per heavy atom. The van der Waals surface area contributed by atoms with Crippen molar-refractivity contribution in [2.75, 3.05) is 13.2 Å². The molecule has 1 saturated heterocycles. The van der Waals surface area contributed by atoms with Gasteiger partial charge in [0.15, 0.2) is 0 Å². The largest absolute Gasteiger partial charge is 0.450 e. The summed E-state index contributed by atoms with van der Waals surface area (Å²) in [6, 6.07) is -0.264. The first-order chi connectivity index (χ1) is 7.22. The summed E-state index contributed by atoms with van der Waals surface area (Å²) in [6.45, 7) is 3.00. The average molecular weight is 215 g/mol. The molecule has 1 fully saturated rings. The fraction of sp³-hybridized carbons (Fsp3) is 0.778. The molecule has 0 aromatic heterocycles. The van der Waals surface area contributed by atoms with Crippen LogP contribution in [-0.2, 0) is 4.74 Å². The molecule has 1 rings (SSSR count). The Kier molecular flexibility index (Phi) is 4.73. The topological polar surface area (TPSA) is 79.5 Å². The molecule has 3 amide bonds. The second kappa shape index (κ2) is 6.10. The van der Waals surface area contributed by atoms with Gasteiger partial charge < -0.3 is 20.7 Å². The van der Waals surface area contributed by atoms with Gasteiger partial charge in [-0.25, -0.2) is 9.59 Å².